The normalized spacial score (nSPS) is 11.2. The molecule has 1 heterocycles. The van der Waals surface area contributed by atoms with Gasteiger partial charge < -0.3 is 10.1 Å². The molecule has 2 aromatic carbocycles. The Hall–Kier alpha value is -2.17. The van der Waals surface area contributed by atoms with Crippen LogP contribution in [0.2, 0.25) is 0 Å². The van der Waals surface area contributed by atoms with Crippen LogP contribution in [0, 0.1) is 0 Å². The first-order valence-electron chi connectivity index (χ1n) is 7.50. The minimum atomic E-state index is 0.670. The Morgan fingerprint density at radius 2 is 1.95 bits per heavy atom. The average molecular weight is 295 g/mol. The molecule has 4 nitrogen and oxygen atoms in total. The van der Waals surface area contributed by atoms with E-state index in [2.05, 4.69) is 53.0 Å². The van der Waals surface area contributed by atoms with E-state index in [1.54, 1.807) is 7.11 Å². The summed E-state index contributed by atoms with van der Waals surface area (Å²) in [4.78, 5) is 0. The van der Waals surface area contributed by atoms with E-state index in [9.17, 15) is 0 Å². The molecule has 0 fully saturated rings. The Kier molecular flexibility index (Phi) is 4.51. The van der Waals surface area contributed by atoms with E-state index in [1.807, 2.05) is 17.9 Å². The fraction of sp³-hybridized carbons (Fsp3) is 0.278. The number of methoxy groups -OCH3 is 1. The lowest BCUT2D eigenvalue weighted by molar-refractivity contribution is 0.183. The highest BCUT2D eigenvalue weighted by Gasteiger charge is 2.09. The molecule has 4 heteroatoms. The highest BCUT2D eigenvalue weighted by Crippen LogP contribution is 2.30. The summed E-state index contributed by atoms with van der Waals surface area (Å²) in [6, 6.07) is 12.9. The van der Waals surface area contributed by atoms with Crippen molar-refractivity contribution >= 4 is 10.8 Å². The van der Waals surface area contributed by atoms with Gasteiger partial charge in [-0.2, -0.15) is 5.10 Å². The molecular formula is C18H21N3O. The lowest BCUT2D eigenvalue weighted by atomic mass is 9.96. The second-order valence-corrected chi connectivity index (χ2v) is 5.33. The van der Waals surface area contributed by atoms with Gasteiger partial charge in [-0.15, -0.1) is 0 Å². The SMILES string of the molecule is CNCc1ccc(-c2cnn(CCOC)c2)c2ccccc12. The number of rotatable bonds is 6. The van der Waals surface area contributed by atoms with Crippen LogP contribution in [0.4, 0.5) is 0 Å². The van der Waals surface area contributed by atoms with Crippen LogP contribution in [0.1, 0.15) is 5.56 Å². The van der Waals surface area contributed by atoms with Gasteiger partial charge in [0.2, 0.25) is 0 Å². The molecule has 0 radical (unpaired) electrons. The van der Waals surface area contributed by atoms with Gasteiger partial charge in [-0.1, -0.05) is 36.4 Å². The quantitative estimate of drug-likeness (QED) is 0.759. The van der Waals surface area contributed by atoms with E-state index >= 15 is 0 Å². The summed E-state index contributed by atoms with van der Waals surface area (Å²) in [5.74, 6) is 0. The van der Waals surface area contributed by atoms with Crippen LogP contribution in [-0.2, 0) is 17.8 Å². The average Bonchev–Trinajstić information content (AvgIpc) is 3.02. The molecule has 0 aliphatic carbocycles. The van der Waals surface area contributed by atoms with Crippen LogP contribution in [0.3, 0.4) is 0 Å². The van der Waals surface area contributed by atoms with Gasteiger partial charge in [0.05, 0.1) is 19.3 Å². The molecule has 3 rings (SSSR count). The van der Waals surface area contributed by atoms with Crippen LogP contribution >= 0.6 is 0 Å². The van der Waals surface area contributed by atoms with Crippen LogP contribution in [0.15, 0.2) is 48.8 Å². The number of hydrogen-bond donors (Lipinski definition) is 1. The topological polar surface area (TPSA) is 39.1 Å². The zero-order valence-electron chi connectivity index (χ0n) is 13.0. The highest BCUT2D eigenvalue weighted by atomic mass is 16.5. The fourth-order valence-electron chi connectivity index (χ4n) is 2.77. The zero-order valence-corrected chi connectivity index (χ0v) is 13.0. The van der Waals surface area contributed by atoms with E-state index in [0.29, 0.717) is 6.61 Å². The molecule has 0 saturated heterocycles. The number of benzene rings is 2. The molecule has 0 saturated carbocycles. The molecule has 22 heavy (non-hydrogen) atoms. The first-order chi connectivity index (χ1) is 10.8. The van der Waals surface area contributed by atoms with Crippen LogP contribution in [0.25, 0.3) is 21.9 Å². The summed E-state index contributed by atoms with van der Waals surface area (Å²) in [6.07, 6.45) is 4.01. The maximum atomic E-state index is 5.11. The lowest BCUT2D eigenvalue weighted by Gasteiger charge is -2.10. The number of hydrogen-bond acceptors (Lipinski definition) is 3. The Labute approximate surface area is 130 Å². The third-order valence-corrected chi connectivity index (χ3v) is 3.85. The van der Waals surface area contributed by atoms with Crippen molar-refractivity contribution in [3.05, 3.63) is 54.4 Å². The molecule has 0 spiro atoms. The van der Waals surface area contributed by atoms with Crippen LogP contribution < -0.4 is 5.32 Å². The van der Waals surface area contributed by atoms with Gasteiger partial charge in [-0.25, -0.2) is 0 Å². The third-order valence-electron chi connectivity index (χ3n) is 3.85. The molecule has 0 bridgehead atoms. The second-order valence-electron chi connectivity index (χ2n) is 5.33. The highest BCUT2D eigenvalue weighted by molar-refractivity contribution is 5.98. The van der Waals surface area contributed by atoms with Crippen LogP contribution in [-0.4, -0.2) is 30.5 Å². The number of aromatic nitrogens is 2. The van der Waals surface area contributed by atoms with Crippen molar-refractivity contribution in [3.63, 3.8) is 0 Å². The van der Waals surface area contributed by atoms with Crippen molar-refractivity contribution in [2.75, 3.05) is 20.8 Å². The Morgan fingerprint density at radius 3 is 2.73 bits per heavy atom. The number of fused-ring (bicyclic) bond motifs is 1. The summed E-state index contributed by atoms with van der Waals surface area (Å²) in [6.45, 7) is 2.31. The van der Waals surface area contributed by atoms with E-state index < -0.39 is 0 Å². The minimum Gasteiger partial charge on any atom is -0.383 e. The van der Waals surface area contributed by atoms with Gasteiger partial charge in [0.25, 0.3) is 0 Å². The standard InChI is InChI=1S/C18H21N3O/c1-19-11-14-7-8-17(18-6-4-3-5-16(14)18)15-12-20-21(13-15)9-10-22-2/h3-8,12-13,19H,9-11H2,1-2H3. The summed E-state index contributed by atoms with van der Waals surface area (Å²) >= 11 is 0. The van der Waals surface area contributed by atoms with Gasteiger partial charge in [-0.3, -0.25) is 4.68 Å². The molecule has 0 unspecified atom stereocenters. The third kappa shape index (κ3) is 2.89. The molecule has 114 valence electrons. The predicted octanol–water partition coefficient (Wildman–Crippen LogP) is 3.07. The van der Waals surface area contributed by atoms with Gasteiger partial charge in [0.15, 0.2) is 0 Å². The molecular weight excluding hydrogens is 274 g/mol. The molecule has 0 amide bonds. The van der Waals surface area contributed by atoms with Crippen LogP contribution in [0.5, 0.6) is 0 Å². The van der Waals surface area contributed by atoms with Gasteiger partial charge in [0, 0.05) is 25.4 Å². The first kappa shape index (κ1) is 14.8. The predicted molar refractivity (Wildman–Crippen MR) is 89.8 cm³/mol. The molecule has 0 atom stereocenters. The second kappa shape index (κ2) is 6.73. The van der Waals surface area contributed by atoms with E-state index in [4.69, 9.17) is 4.74 Å². The van der Waals surface area contributed by atoms with Gasteiger partial charge in [0.1, 0.15) is 0 Å². The van der Waals surface area contributed by atoms with Gasteiger partial charge >= 0.3 is 0 Å². The summed E-state index contributed by atoms with van der Waals surface area (Å²) < 4.78 is 7.03. The smallest absolute Gasteiger partial charge is 0.0658 e. The van der Waals surface area contributed by atoms with Crippen molar-refractivity contribution in [1.82, 2.24) is 15.1 Å². The van der Waals surface area contributed by atoms with Crippen molar-refractivity contribution in [3.8, 4) is 11.1 Å². The van der Waals surface area contributed by atoms with Gasteiger partial charge in [-0.05, 0) is 28.9 Å². The zero-order chi connectivity index (χ0) is 15.4. The molecule has 0 aliphatic rings. The molecule has 0 aliphatic heterocycles. The fourth-order valence-corrected chi connectivity index (χ4v) is 2.77. The maximum Gasteiger partial charge on any atom is 0.0658 e. The largest absolute Gasteiger partial charge is 0.383 e. The van der Waals surface area contributed by atoms with E-state index in [1.165, 1.54) is 21.9 Å². The summed E-state index contributed by atoms with van der Waals surface area (Å²) in [7, 11) is 3.68. The summed E-state index contributed by atoms with van der Waals surface area (Å²) in [5, 5.41) is 10.2. The molecule has 3 aromatic rings. The van der Waals surface area contributed by atoms with E-state index in [0.717, 1.165) is 18.7 Å². The minimum absolute atomic E-state index is 0.670. The molecule has 1 aromatic heterocycles. The number of nitrogens with zero attached hydrogens (tertiary/aromatic N) is 2. The Bertz CT molecular complexity index is 764. The van der Waals surface area contributed by atoms with Crippen molar-refractivity contribution in [2.24, 2.45) is 0 Å². The Morgan fingerprint density at radius 1 is 1.14 bits per heavy atom. The monoisotopic (exact) mass is 295 g/mol. The van der Waals surface area contributed by atoms with Crippen molar-refractivity contribution < 1.29 is 4.74 Å². The summed E-state index contributed by atoms with van der Waals surface area (Å²) in [5.41, 5.74) is 3.68. The Balaban J connectivity index is 2.04. The van der Waals surface area contributed by atoms with Crippen molar-refractivity contribution in [2.45, 2.75) is 13.1 Å². The number of nitrogens with one attached hydrogen (secondary N) is 1. The van der Waals surface area contributed by atoms with Crippen molar-refractivity contribution in [1.29, 1.82) is 0 Å². The number of ether oxygens (including phenoxy) is 1. The maximum absolute atomic E-state index is 5.11. The first-order valence-corrected chi connectivity index (χ1v) is 7.50. The lowest BCUT2D eigenvalue weighted by Crippen LogP contribution is -2.05. The van der Waals surface area contributed by atoms with E-state index in [-0.39, 0.29) is 0 Å². The molecule has 1 N–H and O–H groups in total.